The van der Waals surface area contributed by atoms with Crippen LogP contribution in [0.1, 0.15) is 10.4 Å². The van der Waals surface area contributed by atoms with E-state index in [1.807, 2.05) is 0 Å². The summed E-state index contributed by atoms with van der Waals surface area (Å²) in [6.07, 6.45) is 0. The predicted molar refractivity (Wildman–Crippen MR) is 67.0 cm³/mol. The van der Waals surface area contributed by atoms with Gasteiger partial charge in [-0.15, -0.1) is 5.10 Å². The van der Waals surface area contributed by atoms with Gasteiger partial charge in [-0.25, -0.2) is 0 Å². The number of fused-ring (bicyclic) bond motifs is 1. The molecule has 0 aliphatic heterocycles. The van der Waals surface area contributed by atoms with Gasteiger partial charge in [0.2, 0.25) is 0 Å². The maximum atomic E-state index is 12.3. The van der Waals surface area contributed by atoms with Gasteiger partial charge >= 0.3 is 0 Å². The van der Waals surface area contributed by atoms with Crippen LogP contribution in [0.15, 0.2) is 42.5 Å². The molecule has 1 aromatic heterocycles. The molecule has 0 aliphatic rings. The molecule has 0 saturated heterocycles. The Morgan fingerprint density at radius 2 is 1.89 bits per heavy atom. The van der Waals surface area contributed by atoms with Gasteiger partial charge in [-0.05, 0) is 30.3 Å². The highest BCUT2D eigenvalue weighted by Crippen LogP contribution is 2.23. The maximum Gasteiger partial charge on any atom is 0.284 e. The molecule has 0 saturated carbocycles. The van der Waals surface area contributed by atoms with Gasteiger partial charge in [-0.1, -0.05) is 17.3 Å². The van der Waals surface area contributed by atoms with Crippen molar-refractivity contribution in [1.82, 2.24) is 15.0 Å². The Hall–Kier alpha value is -2.89. The van der Waals surface area contributed by atoms with Crippen LogP contribution in [0.2, 0.25) is 0 Å². The number of benzene rings is 2. The van der Waals surface area contributed by atoms with Gasteiger partial charge in [0.1, 0.15) is 17.0 Å². The van der Waals surface area contributed by atoms with Crippen molar-refractivity contribution in [2.24, 2.45) is 0 Å². The molecule has 0 atom stereocenters. The summed E-state index contributed by atoms with van der Waals surface area (Å²) in [6, 6.07) is 10.7. The Morgan fingerprint density at radius 1 is 1.11 bits per heavy atom. The van der Waals surface area contributed by atoms with Crippen molar-refractivity contribution in [2.75, 3.05) is 0 Å². The quantitative estimate of drug-likeness (QED) is 0.644. The number of carbonyl (C=O) groups excluding carboxylic acids is 1. The number of aromatic hydroxyl groups is 2. The summed E-state index contributed by atoms with van der Waals surface area (Å²) in [5.74, 6) is -0.880. The lowest BCUT2D eigenvalue weighted by Gasteiger charge is -2.04. The molecule has 19 heavy (non-hydrogen) atoms. The number of phenolic OH excluding ortho intramolecular Hbond substituents is 2. The standard InChI is InChI=1S/C13H9N3O3/c17-8-5-6-12(18)9(7-8)13(19)16-11-4-2-1-3-10(11)14-15-16/h1-7,17-18H. The lowest BCUT2D eigenvalue weighted by atomic mass is 10.1. The van der Waals surface area contributed by atoms with Crippen LogP contribution in [-0.4, -0.2) is 31.1 Å². The maximum absolute atomic E-state index is 12.3. The first kappa shape index (κ1) is 11.2. The summed E-state index contributed by atoms with van der Waals surface area (Å²) in [5, 5.41) is 26.7. The summed E-state index contributed by atoms with van der Waals surface area (Å²) < 4.78 is 1.09. The Balaban J connectivity index is 2.16. The fourth-order valence-electron chi connectivity index (χ4n) is 1.83. The highest BCUT2D eigenvalue weighted by atomic mass is 16.3. The number of phenols is 2. The molecular formula is C13H9N3O3. The number of hydrogen-bond donors (Lipinski definition) is 2. The van der Waals surface area contributed by atoms with E-state index in [9.17, 15) is 15.0 Å². The lowest BCUT2D eigenvalue weighted by Crippen LogP contribution is -2.13. The fourth-order valence-corrected chi connectivity index (χ4v) is 1.83. The average Bonchev–Trinajstić information content (AvgIpc) is 2.84. The zero-order valence-corrected chi connectivity index (χ0v) is 9.69. The molecule has 0 fully saturated rings. The van der Waals surface area contributed by atoms with E-state index in [1.165, 1.54) is 18.2 Å². The van der Waals surface area contributed by atoms with Gasteiger partial charge in [0.05, 0.1) is 11.1 Å². The van der Waals surface area contributed by atoms with E-state index in [0.717, 1.165) is 4.68 Å². The van der Waals surface area contributed by atoms with Crippen LogP contribution in [-0.2, 0) is 0 Å². The minimum absolute atomic E-state index is 0.0318. The van der Waals surface area contributed by atoms with Crippen molar-refractivity contribution >= 4 is 16.9 Å². The third-order valence-corrected chi connectivity index (χ3v) is 2.75. The molecule has 0 radical (unpaired) electrons. The van der Waals surface area contributed by atoms with Crippen LogP contribution in [0.5, 0.6) is 11.5 Å². The number of aromatic nitrogens is 3. The average molecular weight is 255 g/mol. The van der Waals surface area contributed by atoms with E-state index >= 15 is 0 Å². The third kappa shape index (κ3) is 1.79. The highest BCUT2D eigenvalue weighted by Gasteiger charge is 2.17. The van der Waals surface area contributed by atoms with Gasteiger partial charge < -0.3 is 10.2 Å². The van der Waals surface area contributed by atoms with Crippen LogP contribution in [0.3, 0.4) is 0 Å². The number of carbonyl (C=O) groups is 1. The van der Waals surface area contributed by atoms with Gasteiger partial charge in [-0.2, -0.15) is 4.68 Å². The smallest absolute Gasteiger partial charge is 0.284 e. The monoisotopic (exact) mass is 255 g/mol. The molecule has 6 nitrogen and oxygen atoms in total. The number of nitrogens with zero attached hydrogens (tertiary/aromatic N) is 3. The molecule has 3 rings (SSSR count). The van der Waals surface area contributed by atoms with Gasteiger partial charge in [0.15, 0.2) is 0 Å². The van der Waals surface area contributed by atoms with Crippen LogP contribution >= 0.6 is 0 Å². The minimum atomic E-state index is -0.554. The third-order valence-electron chi connectivity index (χ3n) is 2.75. The van der Waals surface area contributed by atoms with Crippen molar-refractivity contribution in [3.8, 4) is 11.5 Å². The predicted octanol–water partition coefficient (Wildman–Crippen LogP) is 1.53. The summed E-state index contributed by atoms with van der Waals surface area (Å²) in [5.41, 5.74) is 1.08. The number of rotatable bonds is 1. The van der Waals surface area contributed by atoms with Crippen LogP contribution in [0.4, 0.5) is 0 Å². The summed E-state index contributed by atoms with van der Waals surface area (Å²) in [4.78, 5) is 12.3. The first-order valence-electron chi connectivity index (χ1n) is 5.54. The summed E-state index contributed by atoms with van der Waals surface area (Å²) in [6.45, 7) is 0. The van der Waals surface area contributed by atoms with E-state index in [-0.39, 0.29) is 17.1 Å². The molecule has 0 unspecified atom stereocenters. The topological polar surface area (TPSA) is 88.2 Å². The second-order valence-electron chi connectivity index (χ2n) is 4.00. The fraction of sp³-hybridized carbons (Fsp3) is 0. The molecule has 0 amide bonds. The van der Waals surface area contributed by atoms with Crippen molar-refractivity contribution in [2.45, 2.75) is 0 Å². The first-order valence-corrected chi connectivity index (χ1v) is 5.54. The van der Waals surface area contributed by atoms with Gasteiger partial charge in [0, 0.05) is 0 Å². The summed E-state index contributed by atoms with van der Waals surface area (Å²) >= 11 is 0. The van der Waals surface area contributed by atoms with E-state index < -0.39 is 5.91 Å². The molecule has 0 spiro atoms. The first-order chi connectivity index (χ1) is 9.16. The molecule has 3 aromatic rings. The van der Waals surface area contributed by atoms with E-state index in [1.54, 1.807) is 24.3 Å². The zero-order chi connectivity index (χ0) is 13.4. The molecule has 1 heterocycles. The molecule has 94 valence electrons. The SMILES string of the molecule is O=C(c1cc(O)ccc1O)n1nnc2ccccc21. The zero-order valence-electron chi connectivity index (χ0n) is 9.69. The molecule has 2 aromatic carbocycles. The van der Waals surface area contributed by atoms with Gasteiger partial charge in [0.25, 0.3) is 5.91 Å². The second kappa shape index (κ2) is 4.09. The van der Waals surface area contributed by atoms with Crippen molar-refractivity contribution in [1.29, 1.82) is 0 Å². The second-order valence-corrected chi connectivity index (χ2v) is 4.00. The van der Waals surface area contributed by atoms with Crippen LogP contribution < -0.4 is 0 Å². The van der Waals surface area contributed by atoms with Crippen LogP contribution in [0.25, 0.3) is 11.0 Å². The molecule has 0 aliphatic carbocycles. The molecule has 0 bridgehead atoms. The Labute approximate surface area is 107 Å². The molecule has 2 N–H and O–H groups in total. The Kier molecular flexibility index (Phi) is 2.42. The van der Waals surface area contributed by atoms with E-state index in [0.29, 0.717) is 11.0 Å². The highest BCUT2D eigenvalue weighted by molar-refractivity contribution is 6.02. The lowest BCUT2D eigenvalue weighted by molar-refractivity contribution is 0.0945. The minimum Gasteiger partial charge on any atom is -0.508 e. The Bertz CT molecular complexity index is 780. The molecular weight excluding hydrogens is 246 g/mol. The van der Waals surface area contributed by atoms with Crippen molar-refractivity contribution in [3.05, 3.63) is 48.0 Å². The van der Waals surface area contributed by atoms with Crippen molar-refractivity contribution < 1.29 is 15.0 Å². The summed E-state index contributed by atoms with van der Waals surface area (Å²) in [7, 11) is 0. The molecule has 6 heteroatoms. The van der Waals surface area contributed by atoms with Crippen molar-refractivity contribution in [3.63, 3.8) is 0 Å². The normalized spacial score (nSPS) is 10.7. The van der Waals surface area contributed by atoms with E-state index in [4.69, 9.17) is 0 Å². The number of hydrogen-bond acceptors (Lipinski definition) is 5. The van der Waals surface area contributed by atoms with E-state index in [2.05, 4.69) is 10.3 Å². The van der Waals surface area contributed by atoms with Gasteiger partial charge in [-0.3, -0.25) is 4.79 Å². The Morgan fingerprint density at radius 3 is 2.74 bits per heavy atom. The largest absolute Gasteiger partial charge is 0.508 e. The van der Waals surface area contributed by atoms with Crippen LogP contribution in [0, 0.1) is 0 Å². The number of para-hydroxylation sites is 1.